The average Bonchev–Trinajstić information content (AvgIpc) is 2.49. The minimum absolute atomic E-state index is 0.00654. The molecule has 0 aliphatic heterocycles. The van der Waals surface area contributed by atoms with E-state index in [1.807, 2.05) is 32.9 Å². The second kappa shape index (κ2) is 7.59. The maximum Gasteiger partial charge on any atom is 0.238 e. The Hall–Kier alpha value is -1.83. The van der Waals surface area contributed by atoms with Gasteiger partial charge in [-0.1, -0.05) is 17.7 Å². The SMILES string of the molecule is Cc1ccc(SCC(=O)Nc2cc(S(N)(=O)=O)cc(C)c2C)c(C)c1. The first-order valence-corrected chi connectivity index (χ1v) is 10.2. The lowest BCUT2D eigenvalue weighted by atomic mass is 10.1. The summed E-state index contributed by atoms with van der Waals surface area (Å²) < 4.78 is 23.1. The average molecular weight is 379 g/mol. The molecule has 0 unspecified atom stereocenters. The van der Waals surface area contributed by atoms with Crippen molar-refractivity contribution in [1.29, 1.82) is 0 Å². The predicted octanol–water partition coefficient (Wildman–Crippen LogP) is 3.30. The summed E-state index contributed by atoms with van der Waals surface area (Å²) in [5.74, 6) is 0.0428. The highest BCUT2D eigenvalue weighted by atomic mass is 32.2. The van der Waals surface area contributed by atoms with Crippen LogP contribution >= 0.6 is 11.8 Å². The number of nitrogens with two attached hydrogens (primary N) is 1. The highest BCUT2D eigenvalue weighted by Crippen LogP contribution is 2.26. The summed E-state index contributed by atoms with van der Waals surface area (Å²) in [6.07, 6.45) is 0. The maximum absolute atomic E-state index is 12.3. The number of rotatable bonds is 5. The Morgan fingerprint density at radius 3 is 2.36 bits per heavy atom. The van der Waals surface area contributed by atoms with Gasteiger partial charge >= 0.3 is 0 Å². The van der Waals surface area contributed by atoms with Gasteiger partial charge < -0.3 is 5.32 Å². The molecule has 0 radical (unpaired) electrons. The molecule has 0 spiro atoms. The van der Waals surface area contributed by atoms with Crippen LogP contribution in [0.3, 0.4) is 0 Å². The van der Waals surface area contributed by atoms with E-state index in [0.717, 1.165) is 21.6 Å². The molecule has 0 bridgehead atoms. The van der Waals surface area contributed by atoms with E-state index in [1.54, 1.807) is 6.92 Å². The molecule has 2 rings (SSSR count). The number of carbonyl (C=O) groups excluding carboxylic acids is 1. The molecule has 25 heavy (non-hydrogen) atoms. The zero-order valence-electron chi connectivity index (χ0n) is 14.7. The van der Waals surface area contributed by atoms with E-state index in [4.69, 9.17) is 5.14 Å². The van der Waals surface area contributed by atoms with Gasteiger partial charge in [-0.05, 0) is 62.6 Å². The van der Waals surface area contributed by atoms with E-state index < -0.39 is 10.0 Å². The minimum Gasteiger partial charge on any atom is -0.325 e. The van der Waals surface area contributed by atoms with Crippen molar-refractivity contribution in [3.05, 3.63) is 52.6 Å². The lowest BCUT2D eigenvalue weighted by molar-refractivity contribution is -0.113. The van der Waals surface area contributed by atoms with Gasteiger partial charge in [0.05, 0.1) is 10.6 Å². The molecule has 2 aromatic rings. The molecule has 134 valence electrons. The molecule has 1 amide bonds. The van der Waals surface area contributed by atoms with E-state index >= 15 is 0 Å². The van der Waals surface area contributed by atoms with Crippen LogP contribution in [0.25, 0.3) is 0 Å². The quantitative estimate of drug-likeness (QED) is 0.781. The number of amides is 1. The molecule has 0 aromatic heterocycles. The number of anilines is 1. The van der Waals surface area contributed by atoms with Crippen molar-refractivity contribution >= 4 is 33.4 Å². The van der Waals surface area contributed by atoms with Gasteiger partial charge in [-0.15, -0.1) is 11.8 Å². The number of aryl methyl sites for hydroxylation is 3. The molecular formula is C18H22N2O3S2. The molecule has 5 nitrogen and oxygen atoms in total. The summed E-state index contributed by atoms with van der Waals surface area (Å²) in [7, 11) is -3.82. The normalized spacial score (nSPS) is 11.4. The van der Waals surface area contributed by atoms with Gasteiger partial charge in [0.15, 0.2) is 0 Å². The third-order valence-corrected chi connectivity index (χ3v) is 6.00. The van der Waals surface area contributed by atoms with Crippen LogP contribution in [0.4, 0.5) is 5.69 Å². The molecule has 0 aliphatic rings. The Balaban J connectivity index is 2.14. The summed E-state index contributed by atoms with van der Waals surface area (Å²) in [6, 6.07) is 8.99. The fraction of sp³-hybridized carbons (Fsp3) is 0.278. The molecular weight excluding hydrogens is 356 g/mol. The monoisotopic (exact) mass is 378 g/mol. The van der Waals surface area contributed by atoms with Gasteiger partial charge in [-0.25, -0.2) is 13.6 Å². The number of primary sulfonamides is 1. The maximum atomic E-state index is 12.3. The van der Waals surface area contributed by atoms with Crippen LogP contribution in [-0.2, 0) is 14.8 Å². The first kappa shape index (κ1) is 19.5. The Kier molecular flexibility index (Phi) is 5.92. The highest BCUT2D eigenvalue weighted by molar-refractivity contribution is 8.00. The Morgan fingerprint density at radius 1 is 1.08 bits per heavy atom. The van der Waals surface area contributed by atoms with Gasteiger partial charge in [-0.3, -0.25) is 4.79 Å². The highest BCUT2D eigenvalue weighted by Gasteiger charge is 2.14. The summed E-state index contributed by atoms with van der Waals surface area (Å²) >= 11 is 1.45. The lowest BCUT2D eigenvalue weighted by Crippen LogP contribution is -2.17. The van der Waals surface area contributed by atoms with Crippen molar-refractivity contribution in [3.63, 3.8) is 0 Å². The van der Waals surface area contributed by atoms with E-state index in [0.29, 0.717) is 5.69 Å². The first-order valence-electron chi connectivity index (χ1n) is 7.72. The molecule has 0 saturated carbocycles. The van der Waals surface area contributed by atoms with Crippen molar-refractivity contribution in [2.24, 2.45) is 5.14 Å². The largest absolute Gasteiger partial charge is 0.325 e. The van der Waals surface area contributed by atoms with Crippen molar-refractivity contribution in [3.8, 4) is 0 Å². The number of thioether (sulfide) groups is 1. The topological polar surface area (TPSA) is 89.3 Å². The van der Waals surface area contributed by atoms with Crippen molar-refractivity contribution in [2.45, 2.75) is 37.5 Å². The van der Waals surface area contributed by atoms with E-state index in [-0.39, 0.29) is 16.6 Å². The van der Waals surface area contributed by atoms with Gasteiger partial charge in [0.1, 0.15) is 0 Å². The second-order valence-electron chi connectivity index (χ2n) is 6.06. The number of nitrogens with one attached hydrogen (secondary N) is 1. The van der Waals surface area contributed by atoms with Gasteiger partial charge in [0.25, 0.3) is 0 Å². The fourth-order valence-electron chi connectivity index (χ4n) is 2.41. The second-order valence-corrected chi connectivity index (χ2v) is 8.64. The molecule has 0 heterocycles. The van der Waals surface area contributed by atoms with Gasteiger partial charge in [-0.2, -0.15) is 0 Å². The zero-order valence-corrected chi connectivity index (χ0v) is 16.3. The van der Waals surface area contributed by atoms with Crippen LogP contribution in [0.1, 0.15) is 22.3 Å². The van der Waals surface area contributed by atoms with Crippen LogP contribution in [0.15, 0.2) is 40.1 Å². The Bertz CT molecular complexity index is 922. The molecule has 7 heteroatoms. The van der Waals surface area contributed by atoms with Crippen LogP contribution in [0.2, 0.25) is 0 Å². The zero-order chi connectivity index (χ0) is 18.8. The van der Waals surface area contributed by atoms with Crippen LogP contribution in [0, 0.1) is 27.7 Å². The molecule has 0 fully saturated rings. The number of benzene rings is 2. The molecule has 0 saturated heterocycles. The molecule has 0 atom stereocenters. The van der Waals surface area contributed by atoms with Crippen LogP contribution in [-0.4, -0.2) is 20.1 Å². The Morgan fingerprint density at radius 2 is 1.76 bits per heavy atom. The van der Waals surface area contributed by atoms with Crippen molar-refractivity contribution in [1.82, 2.24) is 0 Å². The van der Waals surface area contributed by atoms with Crippen molar-refractivity contribution < 1.29 is 13.2 Å². The van der Waals surface area contributed by atoms with Gasteiger partial charge in [0, 0.05) is 10.6 Å². The number of hydrogen-bond donors (Lipinski definition) is 2. The standard InChI is InChI=1S/C18H22N2O3S2/c1-11-5-6-17(13(3)7-11)24-10-18(21)20-16-9-15(25(19,22)23)8-12(2)14(16)4/h5-9H,10H2,1-4H3,(H,20,21)(H2,19,22,23). The van der Waals surface area contributed by atoms with E-state index in [9.17, 15) is 13.2 Å². The number of sulfonamides is 1. The predicted molar refractivity (Wildman–Crippen MR) is 103 cm³/mol. The van der Waals surface area contributed by atoms with Crippen molar-refractivity contribution in [2.75, 3.05) is 11.1 Å². The first-order chi connectivity index (χ1) is 11.6. The molecule has 0 aliphatic carbocycles. The van der Waals surface area contributed by atoms with E-state index in [2.05, 4.69) is 11.4 Å². The number of hydrogen-bond acceptors (Lipinski definition) is 4. The third-order valence-electron chi connectivity index (χ3n) is 3.93. The fourth-order valence-corrected chi connectivity index (χ4v) is 3.84. The lowest BCUT2D eigenvalue weighted by Gasteiger charge is -2.13. The summed E-state index contributed by atoms with van der Waals surface area (Å²) in [5, 5.41) is 7.98. The Labute approximate surface area is 153 Å². The van der Waals surface area contributed by atoms with Crippen LogP contribution in [0.5, 0.6) is 0 Å². The molecule has 2 aromatic carbocycles. The number of carbonyl (C=O) groups is 1. The minimum atomic E-state index is -3.82. The summed E-state index contributed by atoms with van der Waals surface area (Å²) in [4.78, 5) is 13.3. The third kappa shape index (κ3) is 5.07. The molecule has 3 N–H and O–H groups in total. The smallest absolute Gasteiger partial charge is 0.238 e. The summed E-state index contributed by atoms with van der Waals surface area (Å²) in [5.41, 5.74) is 4.34. The van der Waals surface area contributed by atoms with Gasteiger partial charge in [0.2, 0.25) is 15.9 Å². The van der Waals surface area contributed by atoms with Crippen LogP contribution < -0.4 is 10.5 Å². The van der Waals surface area contributed by atoms with E-state index in [1.165, 1.54) is 29.5 Å². The summed E-state index contributed by atoms with van der Waals surface area (Å²) in [6.45, 7) is 7.65.